The molecule has 5 heteroatoms. The summed E-state index contributed by atoms with van der Waals surface area (Å²) in [5, 5.41) is 1.29. The van der Waals surface area contributed by atoms with Crippen LogP contribution in [0.25, 0.3) is 0 Å². The van der Waals surface area contributed by atoms with Crippen molar-refractivity contribution in [2.75, 3.05) is 0 Å². The second-order valence-electron chi connectivity index (χ2n) is 2.52. The van der Waals surface area contributed by atoms with E-state index in [0.29, 0.717) is 9.98 Å². The fourth-order valence-corrected chi connectivity index (χ4v) is 1.60. The van der Waals surface area contributed by atoms with Crippen molar-refractivity contribution in [2.45, 2.75) is 26.2 Å². The summed E-state index contributed by atoms with van der Waals surface area (Å²) in [6.07, 6.45) is 2.49. The Morgan fingerprint density at radius 1 is 1.42 bits per heavy atom. The van der Waals surface area contributed by atoms with Crippen molar-refractivity contribution in [3.05, 3.63) is 0 Å². The topological polar surface area (TPSA) is 29.5 Å². The van der Waals surface area contributed by atoms with E-state index in [0.717, 1.165) is 19.3 Å². The van der Waals surface area contributed by atoms with E-state index in [9.17, 15) is 4.79 Å². The number of nitrogens with zero attached hydrogens (tertiary/aromatic N) is 1. The van der Waals surface area contributed by atoms with Gasteiger partial charge in [-0.2, -0.15) is 5.06 Å². The standard InChI is InChI=1S/C7H9NO2S2/c1-5(9)10-8-6(11)3-2-4-7(8)12/h2-4H2,1H3. The van der Waals surface area contributed by atoms with Crippen molar-refractivity contribution in [3.63, 3.8) is 0 Å². The van der Waals surface area contributed by atoms with Gasteiger partial charge in [0, 0.05) is 19.8 Å². The Balaban J connectivity index is 2.63. The van der Waals surface area contributed by atoms with Crippen LogP contribution in [0, 0.1) is 0 Å². The zero-order valence-corrected chi connectivity index (χ0v) is 8.33. The minimum atomic E-state index is -0.387. The van der Waals surface area contributed by atoms with Gasteiger partial charge in [-0.15, -0.1) is 0 Å². The van der Waals surface area contributed by atoms with Gasteiger partial charge in [0.15, 0.2) is 0 Å². The van der Waals surface area contributed by atoms with Gasteiger partial charge in [0.05, 0.1) is 0 Å². The lowest BCUT2D eigenvalue weighted by Gasteiger charge is -2.27. The first kappa shape index (κ1) is 9.54. The summed E-state index contributed by atoms with van der Waals surface area (Å²) < 4.78 is 0. The van der Waals surface area contributed by atoms with Gasteiger partial charge in [0.1, 0.15) is 9.98 Å². The van der Waals surface area contributed by atoms with Crippen LogP contribution in [0.4, 0.5) is 0 Å². The third-order valence-electron chi connectivity index (χ3n) is 1.45. The molecule has 0 N–H and O–H groups in total. The van der Waals surface area contributed by atoms with Crippen LogP contribution in [-0.4, -0.2) is 21.0 Å². The average molecular weight is 203 g/mol. The van der Waals surface area contributed by atoms with Gasteiger partial charge >= 0.3 is 5.97 Å². The Labute approximate surface area is 81.6 Å². The van der Waals surface area contributed by atoms with Crippen molar-refractivity contribution in [1.82, 2.24) is 5.06 Å². The number of carbonyl (C=O) groups is 1. The third-order valence-corrected chi connectivity index (χ3v) is 2.19. The first-order chi connectivity index (χ1) is 5.61. The molecule has 0 atom stereocenters. The smallest absolute Gasteiger partial charge is 0.329 e. The van der Waals surface area contributed by atoms with Gasteiger partial charge in [-0.1, -0.05) is 24.4 Å². The van der Waals surface area contributed by atoms with Crippen molar-refractivity contribution in [1.29, 1.82) is 0 Å². The quantitative estimate of drug-likeness (QED) is 0.604. The molecule has 0 unspecified atom stereocenters. The van der Waals surface area contributed by atoms with Crippen LogP contribution in [-0.2, 0) is 9.63 Å². The van der Waals surface area contributed by atoms with Crippen LogP contribution in [0.15, 0.2) is 0 Å². The number of carbonyl (C=O) groups excluding carboxylic acids is 1. The molecule has 3 nitrogen and oxygen atoms in total. The highest BCUT2D eigenvalue weighted by Gasteiger charge is 2.22. The molecule has 0 spiro atoms. The van der Waals surface area contributed by atoms with Crippen LogP contribution in [0.5, 0.6) is 0 Å². The molecule has 0 aromatic rings. The zero-order chi connectivity index (χ0) is 9.14. The van der Waals surface area contributed by atoms with Gasteiger partial charge in [-0.05, 0) is 6.42 Å². The molecule has 1 heterocycles. The lowest BCUT2D eigenvalue weighted by molar-refractivity contribution is -0.159. The summed E-state index contributed by atoms with van der Waals surface area (Å²) in [4.78, 5) is 16.6. The summed E-state index contributed by atoms with van der Waals surface area (Å²) >= 11 is 9.97. The minimum Gasteiger partial charge on any atom is -0.335 e. The van der Waals surface area contributed by atoms with Crippen molar-refractivity contribution < 1.29 is 9.63 Å². The summed E-state index contributed by atoms with van der Waals surface area (Å²) in [7, 11) is 0. The Hall–Kier alpha value is -0.550. The van der Waals surface area contributed by atoms with Crippen LogP contribution >= 0.6 is 24.4 Å². The molecule has 1 aliphatic heterocycles. The first-order valence-corrected chi connectivity index (χ1v) is 4.47. The Morgan fingerprint density at radius 2 is 1.92 bits per heavy atom. The maximum Gasteiger partial charge on any atom is 0.329 e. The van der Waals surface area contributed by atoms with Gasteiger partial charge in [-0.25, -0.2) is 4.79 Å². The third kappa shape index (κ3) is 2.22. The van der Waals surface area contributed by atoms with E-state index in [1.807, 2.05) is 0 Å². The van der Waals surface area contributed by atoms with E-state index in [1.165, 1.54) is 12.0 Å². The van der Waals surface area contributed by atoms with E-state index in [4.69, 9.17) is 29.3 Å². The molecule has 0 aromatic heterocycles. The van der Waals surface area contributed by atoms with Crippen LogP contribution in [0.2, 0.25) is 0 Å². The van der Waals surface area contributed by atoms with Crippen LogP contribution in [0.3, 0.4) is 0 Å². The SMILES string of the molecule is CC(=O)ON1C(=S)CCCC1=S. The van der Waals surface area contributed by atoms with Crippen molar-refractivity contribution >= 4 is 40.4 Å². The summed E-state index contributed by atoms with van der Waals surface area (Å²) in [5.41, 5.74) is 0. The van der Waals surface area contributed by atoms with Crippen molar-refractivity contribution in [2.24, 2.45) is 0 Å². The maximum absolute atomic E-state index is 10.6. The van der Waals surface area contributed by atoms with E-state index in [-0.39, 0.29) is 5.97 Å². The maximum atomic E-state index is 10.6. The van der Waals surface area contributed by atoms with E-state index >= 15 is 0 Å². The molecule has 0 amide bonds. The number of rotatable bonds is 1. The fraction of sp³-hybridized carbons (Fsp3) is 0.571. The molecule has 1 saturated heterocycles. The molecule has 0 radical (unpaired) electrons. The highest BCUT2D eigenvalue weighted by molar-refractivity contribution is 7.81. The van der Waals surface area contributed by atoms with Crippen LogP contribution in [0.1, 0.15) is 26.2 Å². The van der Waals surface area contributed by atoms with Crippen molar-refractivity contribution in [3.8, 4) is 0 Å². The Kier molecular flexibility index (Phi) is 3.11. The second-order valence-corrected chi connectivity index (χ2v) is 3.46. The largest absolute Gasteiger partial charge is 0.335 e. The summed E-state index contributed by atoms with van der Waals surface area (Å²) in [6.45, 7) is 1.33. The number of hydrogen-bond acceptors (Lipinski definition) is 4. The molecular weight excluding hydrogens is 194 g/mol. The summed E-state index contributed by atoms with van der Waals surface area (Å²) in [5.74, 6) is -0.387. The zero-order valence-electron chi connectivity index (χ0n) is 6.70. The molecule has 12 heavy (non-hydrogen) atoms. The summed E-state index contributed by atoms with van der Waals surface area (Å²) in [6, 6.07) is 0. The molecule has 0 bridgehead atoms. The second kappa shape index (κ2) is 3.91. The molecule has 1 rings (SSSR count). The molecule has 0 aliphatic carbocycles. The molecular formula is C7H9NO2S2. The van der Waals surface area contributed by atoms with Crippen LogP contribution < -0.4 is 0 Å². The number of hydroxylamine groups is 2. The first-order valence-electron chi connectivity index (χ1n) is 3.65. The Morgan fingerprint density at radius 3 is 2.33 bits per heavy atom. The lowest BCUT2D eigenvalue weighted by Crippen LogP contribution is -2.39. The number of piperidine rings is 1. The predicted molar refractivity (Wildman–Crippen MR) is 52.7 cm³/mol. The fourth-order valence-electron chi connectivity index (χ4n) is 0.963. The molecule has 0 saturated carbocycles. The highest BCUT2D eigenvalue weighted by Crippen LogP contribution is 2.15. The molecule has 66 valence electrons. The normalized spacial score (nSPS) is 17.9. The molecule has 0 aromatic carbocycles. The number of thiocarbonyl (C=S) groups is 2. The molecule has 1 aliphatic rings. The predicted octanol–water partition coefficient (Wildman–Crippen LogP) is 1.61. The van der Waals surface area contributed by atoms with Gasteiger partial charge in [0.25, 0.3) is 0 Å². The monoisotopic (exact) mass is 203 g/mol. The lowest BCUT2D eigenvalue weighted by atomic mass is 10.2. The van der Waals surface area contributed by atoms with E-state index < -0.39 is 0 Å². The molecule has 1 fully saturated rings. The highest BCUT2D eigenvalue weighted by atomic mass is 32.1. The average Bonchev–Trinajstić information content (AvgIpc) is 1.97. The van der Waals surface area contributed by atoms with Gasteiger partial charge in [-0.3, -0.25) is 0 Å². The Bertz CT molecular complexity index is 224. The number of hydrogen-bond donors (Lipinski definition) is 0. The van der Waals surface area contributed by atoms with E-state index in [2.05, 4.69) is 0 Å². The van der Waals surface area contributed by atoms with Gasteiger partial charge in [0.2, 0.25) is 0 Å². The van der Waals surface area contributed by atoms with E-state index in [1.54, 1.807) is 0 Å². The van der Waals surface area contributed by atoms with Gasteiger partial charge < -0.3 is 4.84 Å². The minimum absolute atomic E-state index is 0.387.